The lowest BCUT2D eigenvalue weighted by molar-refractivity contribution is -0.0138. The first-order valence-corrected chi connectivity index (χ1v) is 10.2. The highest BCUT2D eigenvalue weighted by Crippen LogP contribution is 2.26. The smallest absolute Gasteiger partial charge is 0.148 e. The Labute approximate surface area is 152 Å². The van der Waals surface area contributed by atoms with Gasteiger partial charge in [-0.3, -0.25) is 4.90 Å². The third-order valence-electron chi connectivity index (χ3n) is 5.95. The number of rotatable bonds is 4. The third-order valence-corrected chi connectivity index (χ3v) is 5.95. The molecule has 2 saturated heterocycles. The summed E-state index contributed by atoms with van der Waals surface area (Å²) < 4.78 is 11.8. The van der Waals surface area contributed by atoms with Gasteiger partial charge in [-0.25, -0.2) is 0 Å². The van der Waals surface area contributed by atoms with E-state index in [2.05, 4.69) is 27.3 Å². The van der Waals surface area contributed by atoms with Crippen LogP contribution in [0.3, 0.4) is 0 Å². The molecule has 4 rings (SSSR count). The molecule has 0 spiro atoms. The highest BCUT2D eigenvalue weighted by Gasteiger charge is 2.28. The average molecular weight is 346 g/mol. The Morgan fingerprint density at radius 3 is 2.84 bits per heavy atom. The van der Waals surface area contributed by atoms with Gasteiger partial charge in [0, 0.05) is 51.5 Å². The summed E-state index contributed by atoms with van der Waals surface area (Å²) in [6, 6.07) is 0.852. The molecule has 0 bridgehead atoms. The van der Waals surface area contributed by atoms with Crippen LogP contribution in [-0.2, 0) is 9.47 Å². The second kappa shape index (κ2) is 8.56. The van der Waals surface area contributed by atoms with Crippen molar-refractivity contribution in [1.29, 1.82) is 0 Å². The Balaban J connectivity index is 1.28. The summed E-state index contributed by atoms with van der Waals surface area (Å²) in [5.74, 6) is 1.10. The lowest BCUT2D eigenvalue weighted by Gasteiger charge is -2.37. The SMILES string of the molecule is [C]1=C(N2CCCN(C3CCC3)CC2)NC(OC2CCCOCC2)C=C1. The maximum Gasteiger partial charge on any atom is 0.148 e. The van der Waals surface area contributed by atoms with Crippen LogP contribution in [0.25, 0.3) is 0 Å². The first kappa shape index (κ1) is 17.4. The number of nitrogens with one attached hydrogen (secondary N) is 1. The quantitative estimate of drug-likeness (QED) is 0.845. The molecule has 1 radical (unpaired) electrons. The Morgan fingerprint density at radius 2 is 1.96 bits per heavy atom. The van der Waals surface area contributed by atoms with Crippen molar-refractivity contribution in [2.75, 3.05) is 39.4 Å². The molecule has 0 aromatic rings. The van der Waals surface area contributed by atoms with Crippen LogP contribution in [0.5, 0.6) is 0 Å². The second-order valence-corrected chi connectivity index (χ2v) is 7.68. The van der Waals surface area contributed by atoms with Gasteiger partial charge in [-0.2, -0.15) is 0 Å². The Morgan fingerprint density at radius 1 is 1.00 bits per heavy atom. The van der Waals surface area contributed by atoms with Gasteiger partial charge < -0.3 is 19.7 Å². The Hall–Kier alpha value is -1.04. The van der Waals surface area contributed by atoms with Crippen LogP contribution in [-0.4, -0.2) is 67.6 Å². The summed E-state index contributed by atoms with van der Waals surface area (Å²) in [7, 11) is 0. The van der Waals surface area contributed by atoms with Gasteiger partial charge in [0.25, 0.3) is 0 Å². The van der Waals surface area contributed by atoms with Gasteiger partial charge in [-0.15, -0.1) is 0 Å². The van der Waals surface area contributed by atoms with Crippen molar-refractivity contribution >= 4 is 0 Å². The predicted molar refractivity (Wildman–Crippen MR) is 97.8 cm³/mol. The lowest BCUT2D eigenvalue weighted by Crippen LogP contribution is -2.44. The molecule has 0 aromatic carbocycles. The summed E-state index contributed by atoms with van der Waals surface area (Å²) >= 11 is 0. The molecule has 1 N–H and O–H groups in total. The summed E-state index contributed by atoms with van der Waals surface area (Å²) in [6.45, 7) is 6.30. The van der Waals surface area contributed by atoms with E-state index < -0.39 is 0 Å². The highest BCUT2D eigenvalue weighted by molar-refractivity contribution is 5.13. The van der Waals surface area contributed by atoms with Gasteiger partial charge in [0.2, 0.25) is 0 Å². The van der Waals surface area contributed by atoms with E-state index in [1.54, 1.807) is 0 Å². The number of dihydropyridines is 1. The molecule has 4 aliphatic rings. The fourth-order valence-corrected chi connectivity index (χ4v) is 4.20. The molecule has 2 atom stereocenters. The topological polar surface area (TPSA) is 37.0 Å². The van der Waals surface area contributed by atoms with Gasteiger partial charge in [0.15, 0.2) is 0 Å². The molecule has 3 aliphatic heterocycles. The molecule has 1 aliphatic carbocycles. The molecular weight excluding hydrogens is 314 g/mol. The van der Waals surface area contributed by atoms with Crippen molar-refractivity contribution < 1.29 is 9.47 Å². The van der Waals surface area contributed by atoms with E-state index in [-0.39, 0.29) is 6.23 Å². The Kier molecular flexibility index (Phi) is 5.95. The van der Waals surface area contributed by atoms with Gasteiger partial charge in [-0.05, 0) is 44.6 Å². The number of ether oxygens (including phenoxy) is 2. The highest BCUT2D eigenvalue weighted by atomic mass is 16.5. The zero-order valence-electron chi connectivity index (χ0n) is 15.3. The monoisotopic (exact) mass is 346 g/mol. The van der Waals surface area contributed by atoms with Crippen LogP contribution < -0.4 is 5.32 Å². The standard InChI is InChI=1S/C20H32N3O2/c1-5-17(6-1)22-11-4-12-23(14-13-22)19-8-2-9-20(21-19)25-18-7-3-15-24-16-10-18/h2,9,17-18,20-21H,1,3-7,10-16H2. The first-order valence-electron chi connectivity index (χ1n) is 10.2. The third kappa shape index (κ3) is 4.57. The second-order valence-electron chi connectivity index (χ2n) is 7.68. The fraction of sp³-hybridized carbons (Fsp3) is 0.800. The van der Waals surface area contributed by atoms with Crippen molar-refractivity contribution in [2.24, 2.45) is 0 Å². The molecule has 0 amide bonds. The van der Waals surface area contributed by atoms with E-state index >= 15 is 0 Å². The normalized spacial score (nSPS) is 32.3. The molecule has 5 heteroatoms. The number of hydrogen-bond acceptors (Lipinski definition) is 5. The van der Waals surface area contributed by atoms with E-state index in [0.29, 0.717) is 6.10 Å². The minimum absolute atomic E-state index is 0.0367. The molecule has 1 saturated carbocycles. The van der Waals surface area contributed by atoms with Crippen LogP contribution in [0.1, 0.15) is 44.9 Å². The van der Waals surface area contributed by atoms with Crippen molar-refractivity contribution in [1.82, 2.24) is 15.1 Å². The largest absolute Gasteiger partial charge is 0.381 e. The van der Waals surface area contributed by atoms with Crippen LogP contribution in [0.15, 0.2) is 18.0 Å². The summed E-state index contributed by atoms with van der Waals surface area (Å²) in [4.78, 5) is 5.15. The minimum Gasteiger partial charge on any atom is -0.381 e. The molecule has 2 unspecified atom stereocenters. The van der Waals surface area contributed by atoms with Crippen molar-refractivity contribution in [3.63, 3.8) is 0 Å². The summed E-state index contributed by atoms with van der Waals surface area (Å²) in [6.07, 6.45) is 16.4. The molecule has 139 valence electrons. The van der Waals surface area contributed by atoms with E-state index in [9.17, 15) is 0 Å². The van der Waals surface area contributed by atoms with Crippen molar-refractivity contribution in [3.05, 3.63) is 24.0 Å². The Bertz CT molecular complexity index is 481. The molecule has 3 heterocycles. The van der Waals surface area contributed by atoms with Crippen LogP contribution >= 0.6 is 0 Å². The first-order chi connectivity index (χ1) is 12.4. The minimum atomic E-state index is -0.0367. The van der Waals surface area contributed by atoms with Gasteiger partial charge in [0.1, 0.15) is 12.0 Å². The zero-order valence-corrected chi connectivity index (χ0v) is 15.3. The van der Waals surface area contributed by atoms with E-state index in [0.717, 1.165) is 57.4 Å². The number of hydrogen-bond donors (Lipinski definition) is 1. The predicted octanol–water partition coefficient (Wildman–Crippen LogP) is 2.26. The van der Waals surface area contributed by atoms with Gasteiger partial charge in [0.05, 0.1) is 6.10 Å². The van der Waals surface area contributed by atoms with E-state index in [1.807, 2.05) is 6.08 Å². The van der Waals surface area contributed by atoms with Crippen LogP contribution in [0.2, 0.25) is 0 Å². The van der Waals surface area contributed by atoms with Crippen LogP contribution in [0, 0.1) is 6.08 Å². The lowest BCUT2D eigenvalue weighted by atomic mass is 9.91. The van der Waals surface area contributed by atoms with Crippen LogP contribution in [0.4, 0.5) is 0 Å². The molecule has 5 nitrogen and oxygen atoms in total. The molecule has 0 aromatic heterocycles. The van der Waals surface area contributed by atoms with Gasteiger partial charge >= 0.3 is 0 Å². The molecule has 25 heavy (non-hydrogen) atoms. The number of nitrogens with zero attached hydrogens (tertiary/aromatic N) is 2. The zero-order chi connectivity index (χ0) is 16.9. The van der Waals surface area contributed by atoms with Gasteiger partial charge in [-0.1, -0.05) is 12.5 Å². The summed E-state index contributed by atoms with van der Waals surface area (Å²) in [5, 5.41) is 3.55. The molecule has 3 fully saturated rings. The molecular formula is C20H32N3O2. The average Bonchev–Trinajstić information content (AvgIpc) is 2.97. The maximum atomic E-state index is 6.27. The van der Waals surface area contributed by atoms with Crippen molar-refractivity contribution in [2.45, 2.75) is 63.3 Å². The van der Waals surface area contributed by atoms with E-state index in [4.69, 9.17) is 9.47 Å². The maximum absolute atomic E-state index is 6.27. The van der Waals surface area contributed by atoms with Crippen molar-refractivity contribution in [3.8, 4) is 0 Å². The summed E-state index contributed by atoms with van der Waals surface area (Å²) in [5.41, 5.74) is 0. The van der Waals surface area contributed by atoms with E-state index in [1.165, 1.54) is 38.8 Å². The fourth-order valence-electron chi connectivity index (χ4n) is 4.20. The number of allylic oxidation sites excluding steroid dienone is 2.